The third kappa shape index (κ3) is 3.44. The summed E-state index contributed by atoms with van der Waals surface area (Å²) in [4.78, 5) is 14.3. The van der Waals surface area contributed by atoms with Crippen LogP contribution in [0, 0.1) is 0 Å². The predicted molar refractivity (Wildman–Crippen MR) is 96.3 cm³/mol. The van der Waals surface area contributed by atoms with E-state index in [1.165, 1.54) is 24.1 Å². The summed E-state index contributed by atoms with van der Waals surface area (Å²) in [5, 5.41) is 2.01. The van der Waals surface area contributed by atoms with Crippen LogP contribution in [0.4, 0.5) is 14.5 Å². The Labute approximate surface area is 149 Å². The van der Waals surface area contributed by atoms with Crippen LogP contribution in [0.2, 0.25) is 0 Å². The Morgan fingerprint density at radius 3 is 2.42 bits per heavy atom. The van der Waals surface area contributed by atoms with E-state index >= 15 is 0 Å². The summed E-state index contributed by atoms with van der Waals surface area (Å²) >= 11 is 0. The van der Waals surface area contributed by atoms with Gasteiger partial charge in [0, 0.05) is 12.7 Å². The molecule has 1 amide bonds. The van der Waals surface area contributed by atoms with Crippen molar-refractivity contribution in [1.29, 1.82) is 0 Å². The first kappa shape index (κ1) is 17.7. The van der Waals surface area contributed by atoms with Crippen molar-refractivity contribution in [1.82, 2.24) is 0 Å². The average molecular weight is 357 g/mol. The highest BCUT2D eigenvalue weighted by Crippen LogP contribution is 2.34. The van der Waals surface area contributed by atoms with E-state index in [9.17, 15) is 13.6 Å². The Morgan fingerprint density at radius 2 is 1.73 bits per heavy atom. The topological polar surface area (TPSA) is 38.8 Å². The van der Waals surface area contributed by atoms with Crippen molar-refractivity contribution in [3.8, 4) is 11.5 Å². The maximum atomic E-state index is 12.9. The minimum absolute atomic E-state index is 0.000286. The normalized spacial score (nSPS) is 10.8. The molecule has 26 heavy (non-hydrogen) atoms. The van der Waals surface area contributed by atoms with E-state index in [4.69, 9.17) is 4.74 Å². The smallest absolute Gasteiger partial charge is 0.387 e. The SMILES string of the molecule is COc1cccc(C(=O)N(C)c2ccc3ccccc3c2)c1OC(F)F. The lowest BCUT2D eigenvalue weighted by Gasteiger charge is -2.20. The number of hydrogen-bond donors (Lipinski definition) is 0. The minimum Gasteiger partial charge on any atom is -0.493 e. The molecule has 0 unspecified atom stereocenters. The zero-order valence-electron chi connectivity index (χ0n) is 14.3. The number of ether oxygens (including phenoxy) is 2. The lowest BCUT2D eigenvalue weighted by molar-refractivity contribution is -0.0515. The number of amides is 1. The lowest BCUT2D eigenvalue weighted by atomic mass is 10.1. The quantitative estimate of drug-likeness (QED) is 0.663. The van der Waals surface area contributed by atoms with Crippen LogP contribution in [0.1, 0.15) is 10.4 Å². The van der Waals surface area contributed by atoms with Crippen LogP contribution < -0.4 is 14.4 Å². The summed E-state index contributed by atoms with van der Waals surface area (Å²) < 4.78 is 35.1. The fourth-order valence-electron chi connectivity index (χ4n) is 2.74. The van der Waals surface area contributed by atoms with Crippen LogP contribution >= 0.6 is 0 Å². The second-order valence-corrected chi connectivity index (χ2v) is 5.61. The third-order valence-corrected chi connectivity index (χ3v) is 4.06. The van der Waals surface area contributed by atoms with Gasteiger partial charge in [-0.05, 0) is 35.0 Å². The number of rotatable bonds is 5. The maximum Gasteiger partial charge on any atom is 0.387 e. The molecule has 6 heteroatoms. The first-order valence-electron chi connectivity index (χ1n) is 7.90. The average Bonchev–Trinajstić information content (AvgIpc) is 2.66. The predicted octanol–water partition coefficient (Wildman–Crippen LogP) is 4.73. The Bertz CT molecular complexity index is 943. The molecule has 0 aromatic heterocycles. The van der Waals surface area contributed by atoms with E-state index in [2.05, 4.69) is 4.74 Å². The maximum absolute atomic E-state index is 12.9. The lowest BCUT2D eigenvalue weighted by Crippen LogP contribution is -2.27. The number of carbonyl (C=O) groups excluding carboxylic acids is 1. The standard InChI is InChI=1S/C20H17F2NO3/c1-23(15-11-10-13-6-3-4-7-14(13)12-15)19(24)16-8-5-9-17(25-2)18(16)26-20(21)22/h3-12,20H,1-2H3. The molecule has 0 aliphatic heterocycles. The van der Waals surface area contributed by atoms with Crippen molar-refractivity contribution in [3.05, 3.63) is 66.2 Å². The van der Waals surface area contributed by atoms with Crippen molar-refractivity contribution in [2.75, 3.05) is 19.1 Å². The van der Waals surface area contributed by atoms with Crippen molar-refractivity contribution in [2.45, 2.75) is 6.61 Å². The zero-order chi connectivity index (χ0) is 18.7. The van der Waals surface area contributed by atoms with Gasteiger partial charge < -0.3 is 14.4 Å². The molecule has 0 fully saturated rings. The second-order valence-electron chi connectivity index (χ2n) is 5.61. The van der Waals surface area contributed by atoms with Gasteiger partial charge in [-0.3, -0.25) is 4.79 Å². The number of hydrogen-bond acceptors (Lipinski definition) is 3. The molecule has 0 heterocycles. The van der Waals surface area contributed by atoms with E-state index in [-0.39, 0.29) is 17.1 Å². The third-order valence-electron chi connectivity index (χ3n) is 4.06. The van der Waals surface area contributed by atoms with Gasteiger partial charge in [0.1, 0.15) is 0 Å². The molecule has 0 aliphatic carbocycles. The Morgan fingerprint density at radius 1 is 1.00 bits per heavy atom. The summed E-state index contributed by atoms with van der Waals surface area (Å²) in [6, 6.07) is 17.8. The number of alkyl halides is 2. The summed E-state index contributed by atoms with van der Waals surface area (Å²) in [6.45, 7) is -3.07. The highest BCUT2D eigenvalue weighted by Gasteiger charge is 2.23. The molecule has 134 valence electrons. The summed E-state index contributed by atoms with van der Waals surface area (Å²) in [5.74, 6) is -0.680. The molecule has 4 nitrogen and oxygen atoms in total. The van der Waals surface area contributed by atoms with E-state index in [0.717, 1.165) is 10.8 Å². The molecular weight excluding hydrogens is 340 g/mol. The van der Waals surface area contributed by atoms with E-state index in [1.54, 1.807) is 19.2 Å². The largest absolute Gasteiger partial charge is 0.493 e. The summed E-state index contributed by atoms with van der Waals surface area (Å²) in [7, 11) is 2.91. The minimum atomic E-state index is -3.07. The van der Waals surface area contributed by atoms with E-state index < -0.39 is 12.5 Å². The zero-order valence-corrected chi connectivity index (χ0v) is 14.3. The molecule has 3 rings (SSSR count). The molecule has 0 saturated carbocycles. The Hall–Kier alpha value is -3.15. The number of para-hydroxylation sites is 1. The van der Waals surface area contributed by atoms with Gasteiger partial charge in [0.25, 0.3) is 5.91 Å². The number of methoxy groups -OCH3 is 1. The molecule has 3 aromatic carbocycles. The molecule has 0 saturated heterocycles. The van der Waals surface area contributed by atoms with Crippen LogP contribution in [-0.4, -0.2) is 26.7 Å². The van der Waals surface area contributed by atoms with Gasteiger partial charge in [-0.2, -0.15) is 8.78 Å². The van der Waals surface area contributed by atoms with Crippen molar-refractivity contribution < 1.29 is 23.0 Å². The van der Waals surface area contributed by atoms with Crippen LogP contribution in [0.15, 0.2) is 60.7 Å². The molecule has 0 spiro atoms. The fraction of sp³-hybridized carbons (Fsp3) is 0.150. The van der Waals surface area contributed by atoms with Gasteiger partial charge in [-0.25, -0.2) is 0 Å². The number of anilines is 1. The van der Waals surface area contributed by atoms with Crippen LogP contribution in [0.3, 0.4) is 0 Å². The van der Waals surface area contributed by atoms with Crippen molar-refractivity contribution in [2.24, 2.45) is 0 Å². The molecule has 0 N–H and O–H groups in total. The van der Waals surface area contributed by atoms with Crippen LogP contribution in [-0.2, 0) is 0 Å². The van der Waals surface area contributed by atoms with Gasteiger partial charge in [0.2, 0.25) is 0 Å². The second kappa shape index (κ2) is 7.39. The van der Waals surface area contributed by atoms with Gasteiger partial charge >= 0.3 is 6.61 Å². The van der Waals surface area contributed by atoms with Crippen molar-refractivity contribution >= 4 is 22.4 Å². The number of halogens is 2. The number of benzene rings is 3. The molecule has 0 atom stereocenters. The van der Waals surface area contributed by atoms with E-state index in [1.807, 2.05) is 36.4 Å². The Balaban J connectivity index is 1.99. The van der Waals surface area contributed by atoms with Crippen molar-refractivity contribution in [3.63, 3.8) is 0 Å². The van der Waals surface area contributed by atoms with Gasteiger partial charge in [0.05, 0.1) is 12.7 Å². The van der Waals surface area contributed by atoms with Gasteiger partial charge in [0.15, 0.2) is 11.5 Å². The number of fused-ring (bicyclic) bond motifs is 1. The number of carbonyl (C=O) groups is 1. The first-order valence-corrected chi connectivity index (χ1v) is 7.90. The Kier molecular flexibility index (Phi) is 5.02. The van der Waals surface area contributed by atoms with Crippen LogP contribution in [0.5, 0.6) is 11.5 Å². The summed E-state index contributed by atoms with van der Waals surface area (Å²) in [6.07, 6.45) is 0. The highest BCUT2D eigenvalue weighted by atomic mass is 19.3. The molecule has 3 aromatic rings. The van der Waals surface area contributed by atoms with Gasteiger partial charge in [-0.1, -0.05) is 36.4 Å². The monoisotopic (exact) mass is 357 g/mol. The molecule has 0 bridgehead atoms. The summed E-state index contributed by atoms with van der Waals surface area (Å²) in [5.41, 5.74) is 0.639. The van der Waals surface area contributed by atoms with Crippen LogP contribution in [0.25, 0.3) is 10.8 Å². The number of nitrogens with zero attached hydrogens (tertiary/aromatic N) is 1. The van der Waals surface area contributed by atoms with Gasteiger partial charge in [-0.15, -0.1) is 0 Å². The molecule has 0 radical (unpaired) electrons. The molecule has 0 aliphatic rings. The first-order chi connectivity index (χ1) is 12.5. The van der Waals surface area contributed by atoms with E-state index in [0.29, 0.717) is 5.69 Å². The molecular formula is C20H17F2NO3. The highest BCUT2D eigenvalue weighted by molar-refractivity contribution is 6.08. The fourth-order valence-corrected chi connectivity index (χ4v) is 2.74.